The van der Waals surface area contributed by atoms with Gasteiger partial charge >= 0.3 is 0 Å². The van der Waals surface area contributed by atoms with Crippen LogP contribution in [0.25, 0.3) is 10.4 Å². The molecule has 160 valence electrons. The lowest BCUT2D eigenvalue weighted by atomic mass is 10.0. The number of carbonyl (C=O) groups excluding carboxylic acids is 3. The number of halogens is 1. The monoisotopic (exact) mass is 433 g/mol. The first-order chi connectivity index (χ1) is 14.1. The van der Waals surface area contributed by atoms with Crippen LogP contribution in [0.5, 0.6) is 0 Å². The predicted octanol–water partition coefficient (Wildman–Crippen LogP) is 1.30. The van der Waals surface area contributed by atoms with E-state index in [2.05, 4.69) is 25.1 Å². The minimum Gasteiger partial charge on any atom is -0.369 e. The van der Waals surface area contributed by atoms with Crippen LogP contribution in [0, 0.1) is 0 Å². The highest BCUT2D eigenvalue weighted by molar-refractivity contribution is 6.06. The van der Waals surface area contributed by atoms with Crippen molar-refractivity contribution in [2.45, 2.75) is 25.4 Å². The number of benzene rings is 1. The summed E-state index contributed by atoms with van der Waals surface area (Å²) >= 11 is 0. The number of anilines is 1. The van der Waals surface area contributed by atoms with E-state index in [-0.39, 0.29) is 30.6 Å². The van der Waals surface area contributed by atoms with E-state index in [4.69, 9.17) is 5.53 Å². The Labute approximate surface area is 180 Å². The third-order valence-electron chi connectivity index (χ3n) is 5.85. The normalized spacial score (nSPS) is 21.6. The Morgan fingerprint density at radius 2 is 1.93 bits per heavy atom. The van der Waals surface area contributed by atoms with Crippen molar-refractivity contribution < 1.29 is 14.4 Å². The van der Waals surface area contributed by atoms with Gasteiger partial charge in [-0.3, -0.25) is 24.6 Å². The maximum absolute atomic E-state index is 13.0. The Morgan fingerprint density at radius 3 is 2.63 bits per heavy atom. The smallest absolute Gasteiger partial charge is 0.255 e. The van der Waals surface area contributed by atoms with Crippen LogP contribution in [-0.4, -0.2) is 72.8 Å². The van der Waals surface area contributed by atoms with Crippen LogP contribution in [0.3, 0.4) is 0 Å². The standard InChI is InChI=1S/C19H23N7O3.ClH/c20-23-21-6-7-24-8-10-25(11-9-24)15-3-1-2-13-14(15)12-26(19(13)29)16-4-5-17(27)22-18(16)28;/h1-3,16H,4-12H2,(H,22,27,28);1H. The zero-order valence-electron chi connectivity index (χ0n) is 16.5. The molecule has 3 aliphatic heterocycles. The molecule has 1 aromatic carbocycles. The Hall–Kier alpha value is -2.81. The maximum atomic E-state index is 13.0. The van der Waals surface area contributed by atoms with Gasteiger partial charge in [-0.15, -0.1) is 12.4 Å². The van der Waals surface area contributed by atoms with Crippen molar-refractivity contribution in [2.24, 2.45) is 5.11 Å². The average molecular weight is 434 g/mol. The summed E-state index contributed by atoms with van der Waals surface area (Å²) in [5.74, 6) is -0.823. The van der Waals surface area contributed by atoms with Gasteiger partial charge in [0.2, 0.25) is 11.8 Å². The van der Waals surface area contributed by atoms with Gasteiger partial charge < -0.3 is 9.80 Å². The average Bonchev–Trinajstić information content (AvgIpc) is 3.05. The molecule has 0 saturated carbocycles. The second kappa shape index (κ2) is 9.34. The molecular weight excluding hydrogens is 410 g/mol. The number of fused-ring (bicyclic) bond motifs is 1. The molecule has 3 amide bonds. The molecule has 11 heteroatoms. The van der Waals surface area contributed by atoms with Crippen molar-refractivity contribution in [2.75, 3.05) is 44.2 Å². The van der Waals surface area contributed by atoms with Crippen LogP contribution < -0.4 is 10.2 Å². The largest absolute Gasteiger partial charge is 0.369 e. The minimum atomic E-state index is -0.599. The van der Waals surface area contributed by atoms with Crippen molar-refractivity contribution in [1.82, 2.24) is 15.1 Å². The molecule has 2 fully saturated rings. The second-order valence-corrected chi connectivity index (χ2v) is 7.49. The quantitative estimate of drug-likeness (QED) is 0.324. The highest BCUT2D eigenvalue weighted by Gasteiger charge is 2.40. The number of piperazine rings is 1. The number of nitrogens with one attached hydrogen (secondary N) is 1. The van der Waals surface area contributed by atoms with Gasteiger partial charge in [0.25, 0.3) is 5.91 Å². The Morgan fingerprint density at radius 1 is 1.17 bits per heavy atom. The topological polar surface area (TPSA) is 122 Å². The van der Waals surface area contributed by atoms with E-state index in [0.29, 0.717) is 25.1 Å². The fourth-order valence-electron chi connectivity index (χ4n) is 4.31. The number of carbonyl (C=O) groups is 3. The van der Waals surface area contributed by atoms with Crippen LogP contribution in [-0.2, 0) is 16.1 Å². The SMILES string of the molecule is Cl.[N-]=[N+]=NCCN1CCN(c2cccc3c2CN(C2CCC(=O)NC2=O)C3=O)CC1. The van der Waals surface area contributed by atoms with Crippen LogP contribution >= 0.6 is 12.4 Å². The zero-order valence-corrected chi connectivity index (χ0v) is 17.3. The van der Waals surface area contributed by atoms with E-state index in [9.17, 15) is 14.4 Å². The molecule has 1 aromatic rings. The Bertz CT molecular complexity index is 894. The van der Waals surface area contributed by atoms with Crippen molar-refractivity contribution in [3.8, 4) is 0 Å². The number of nitrogens with zero attached hydrogens (tertiary/aromatic N) is 6. The first kappa shape index (κ1) is 21.9. The molecule has 3 aliphatic rings. The first-order valence-corrected chi connectivity index (χ1v) is 9.83. The summed E-state index contributed by atoms with van der Waals surface area (Å²) in [7, 11) is 0. The van der Waals surface area contributed by atoms with Gasteiger partial charge in [0.15, 0.2) is 0 Å². The molecule has 4 rings (SSSR count). The second-order valence-electron chi connectivity index (χ2n) is 7.49. The van der Waals surface area contributed by atoms with Crippen LogP contribution in [0.1, 0.15) is 28.8 Å². The van der Waals surface area contributed by atoms with Gasteiger partial charge in [-0.1, -0.05) is 11.2 Å². The number of rotatable bonds is 5. The van der Waals surface area contributed by atoms with Crippen molar-refractivity contribution in [3.63, 3.8) is 0 Å². The van der Waals surface area contributed by atoms with Gasteiger partial charge in [-0.05, 0) is 24.1 Å². The molecule has 1 N–H and O–H groups in total. The molecule has 1 unspecified atom stereocenters. The van der Waals surface area contributed by atoms with Crippen molar-refractivity contribution in [1.29, 1.82) is 0 Å². The summed E-state index contributed by atoms with van der Waals surface area (Å²) in [6.45, 7) is 4.94. The van der Waals surface area contributed by atoms with Crippen LogP contribution in [0.4, 0.5) is 5.69 Å². The van der Waals surface area contributed by atoms with E-state index in [1.54, 1.807) is 4.90 Å². The summed E-state index contributed by atoms with van der Waals surface area (Å²) in [5.41, 5.74) is 11.0. The molecule has 30 heavy (non-hydrogen) atoms. The van der Waals surface area contributed by atoms with Crippen LogP contribution in [0.2, 0.25) is 0 Å². The fourth-order valence-corrected chi connectivity index (χ4v) is 4.31. The molecule has 2 saturated heterocycles. The van der Waals surface area contributed by atoms with Gasteiger partial charge in [-0.2, -0.15) is 0 Å². The summed E-state index contributed by atoms with van der Waals surface area (Å²) < 4.78 is 0. The highest BCUT2D eigenvalue weighted by Crippen LogP contribution is 2.34. The molecular formula is C19H24ClN7O3. The predicted molar refractivity (Wildman–Crippen MR) is 112 cm³/mol. The third kappa shape index (κ3) is 4.21. The number of hydrogen-bond acceptors (Lipinski definition) is 6. The zero-order chi connectivity index (χ0) is 20.4. The van der Waals surface area contributed by atoms with Gasteiger partial charge in [0.1, 0.15) is 6.04 Å². The summed E-state index contributed by atoms with van der Waals surface area (Å²) in [6.07, 6.45) is 0.616. The highest BCUT2D eigenvalue weighted by atomic mass is 35.5. The van der Waals surface area contributed by atoms with Gasteiger partial charge in [-0.25, -0.2) is 0 Å². The summed E-state index contributed by atoms with van der Waals surface area (Å²) in [4.78, 5) is 45.5. The van der Waals surface area contributed by atoms with E-state index in [0.717, 1.165) is 44.0 Å². The van der Waals surface area contributed by atoms with Gasteiger partial charge in [0.05, 0.1) is 0 Å². The summed E-state index contributed by atoms with van der Waals surface area (Å²) in [5, 5.41) is 5.93. The maximum Gasteiger partial charge on any atom is 0.255 e. The number of azide groups is 1. The lowest BCUT2D eigenvalue weighted by Crippen LogP contribution is -2.52. The van der Waals surface area contributed by atoms with E-state index in [1.165, 1.54) is 0 Å². The molecule has 10 nitrogen and oxygen atoms in total. The molecule has 1 atom stereocenters. The van der Waals surface area contributed by atoms with E-state index < -0.39 is 11.9 Å². The minimum absolute atomic E-state index is 0. The number of amides is 3. The Kier molecular flexibility index (Phi) is 6.81. The lowest BCUT2D eigenvalue weighted by molar-refractivity contribution is -0.136. The van der Waals surface area contributed by atoms with Gasteiger partial charge in [0, 0.05) is 74.0 Å². The summed E-state index contributed by atoms with van der Waals surface area (Å²) in [6, 6.07) is 5.12. The first-order valence-electron chi connectivity index (χ1n) is 9.83. The molecule has 0 spiro atoms. The number of imide groups is 1. The molecule has 0 bridgehead atoms. The molecule has 0 aromatic heterocycles. The molecule has 3 heterocycles. The van der Waals surface area contributed by atoms with E-state index in [1.807, 2.05) is 18.2 Å². The third-order valence-corrected chi connectivity index (χ3v) is 5.85. The van der Waals surface area contributed by atoms with Crippen molar-refractivity contribution in [3.05, 3.63) is 39.8 Å². The lowest BCUT2D eigenvalue weighted by Gasteiger charge is -2.36. The number of hydrogen-bond donors (Lipinski definition) is 1. The van der Waals surface area contributed by atoms with Crippen molar-refractivity contribution >= 4 is 35.8 Å². The van der Waals surface area contributed by atoms with Crippen LogP contribution in [0.15, 0.2) is 23.3 Å². The number of piperidine rings is 1. The van der Waals surface area contributed by atoms with E-state index >= 15 is 0 Å². The molecule has 0 aliphatic carbocycles. The fraction of sp³-hybridized carbons (Fsp3) is 0.526. The molecule has 0 radical (unpaired) electrons. The Balaban J connectivity index is 0.00000256.